The van der Waals surface area contributed by atoms with E-state index < -0.39 is 0 Å². The van der Waals surface area contributed by atoms with Gasteiger partial charge in [0.2, 0.25) is 0 Å². The molecular formula is C19H23N. The standard InChI is InChI=1S/C19H23N/c1-14(2)16-9-6-10-18(11-16)20-19-12-17(13-19)15-7-4-3-5-8-15/h3-11,14,17,19-20H,12-13H2,1-2H3. The van der Waals surface area contributed by atoms with Crippen molar-refractivity contribution in [2.24, 2.45) is 0 Å². The van der Waals surface area contributed by atoms with Gasteiger partial charge in [0, 0.05) is 11.7 Å². The number of nitrogens with one attached hydrogen (secondary N) is 1. The lowest BCUT2D eigenvalue weighted by molar-refractivity contribution is 0.374. The molecule has 0 radical (unpaired) electrons. The van der Waals surface area contributed by atoms with Gasteiger partial charge in [0.25, 0.3) is 0 Å². The molecule has 0 aliphatic heterocycles. The van der Waals surface area contributed by atoms with Crippen LogP contribution in [0.5, 0.6) is 0 Å². The zero-order chi connectivity index (χ0) is 13.9. The summed E-state index contributed by atoms with van der Waals surface area (Å²) in [7, 11) is 0. The van der Waals surface area contributed by atoms with Gasteiger partial charge >= 0.3 is 0 Å². The van der Waals surface area contributed by atoms with E-state index in [1.165, 1.54) is 29.7 Å². The largest absolute Gasteiger partial charge is 0.382 e. The second kappa shape index (κ2) is 5.70. The molecule has 1 nitrogen and oxygen atoms in total. The predicted octanol–water partition coefficient (Wildman–Crippen LogP) is 5.17. The van der Waals surface area contributed by atoms with Crippen LogP contribution in [0.1, 0.15) is 49.7 Å². The van der Waals surface area contributed by atoms with Crippen molar-refractivity contribution in [1.82, 2.24) is 0 Å². The average Bonchev–Trinajstić information content (AvgIpc) is 2.43. The maximum Gasteiger partial charge on any atom is 0.0345 e. The first-order valence-corrected chi connectivity index (χ1v) is 7.64. The highest BCUT2D eigenvalue weighted by molar-refractivity contribution is 5.48. The van der Waals surface area contributed by atoms with Gasteiger partial charge in [0.15, 0.2) is 0 Å². The lowest BCUT2D eigenvalue weighted by Gasteiger charge is -2.37. The summed E-state index contributed by atoms with van der Waals surface area (Å²) in [6, 6.07) is 20.3. The first-order valence-electron chi connectivity index (χ1n) is 7.64. The Balaban J connectivity index is 1.58. The molecule has 20 heavy (non-hydrogen) atoms. The molecule has 0 unspecified atom stereocenters. The molecule has 2 aromatic rings. The van der Waals surface area contributed by atoms with Gasteiger partial charge in [-0.25, -0.2) is 0 Å². The fourth-order valence-electron chi connectivity index (χ4n) is 2.96. The Labute approximate surface area is 122 Å². The van der Waals surface area contributed by atoms with Crippen LogP contribution >= 0.6 is 0 Å². The quantitative estimate of drug-likeness (QED) is 0.804. The van der Waals surface area contributed by atoms with Crippen molar-refractivity contribution in [2.45, 2.75) is 44.6 Å². The molecule has 0 bridgehead atoms. The van der Waals surface area contributed by atoms with Crippen LogP contribution in [-0.4, -0.2) is 6.04 Å². The minimum Gasteiger partial charge on any atom is -0.382 e. The van der Waals surface area contributed by atoms with E-state index >= 15 is 0 Å². The van der Waals surface area contributed by atoms with Gasteiger partial charge in [-0.05, 0) is 47.9 Å². The van der Waals surface area contributed by atoms with E-state index in [1.807, 2.05) is 0 Å². The van der Waals surface area contributed by atoms with Gasteiger partial charge in [0.1, 0.15) is 0 Å². The third-order valence-corrected chi connectivity index (χ3v) is 4.33. The van der Waals surface area contributed by atoms with E-state index in [4.69, 9.17) is 0 Å². The lowest BCUT2D eigenvalue weighted by Crippen LogP contribution is -2.33. The van der Waals surface area contributed by atoms with Gasteiger partial charge in [-0.2, -0.15) is 0 Å². The van der Waals surface area contributed by atoms with Crippen molar-refractivity contribution >= 4 is 5.69 Å². The lowest BCUT2D eigenvalue weighted by atomic mass is 9.76. The zero-order valence-electron chi connectivity index (χ0n) is 12.3. The summed E-state index contributed by atoms with van der Waals surface area (Å²) >= 11 is 0. The normalized spacial score (nSPS) is 21.6. The van der Waals surface area contributed by atoms with Crippen LogP contribution in [0, 0.1) is 0 Å². The highest BCUT2D eigenvalue weighted by atomic mass is 14.9. The van der Waals surface area contributed by atoms with Crippen LogP contribution in [0.2, 0.25) is 0 Å². The van der Waals surface area contributed by atoms with E-state index in [0.717, 1.165) is 5.92 Å². The third-order valence-electron chi connectivity index (χ3n) is 4.33. The molecule has 104 valence electrons. The van der Waals surface area contributed by atoms with E-state index in [-0.39, 0.29) is 0 Å². The molecule has 1 N–H and O–H groups in total. The van der Waals surface area contributed by atoms with E-state index in [9.17, 15) is 0 Å². The summed E-state index contributed by atoms with van der Waals surface area (Å²) in [4.78, 5) is 0. The van der Waals surface area contributed by atoms with Gasteiger partial charge in [-0.15, -0.1) is 0 Å². The molecule has 1 heteroatoms. The molecule has 1 saturated carbocycles. The maximum absolute atomic E-state index is 3.67. The summed E-state index contributed by atoms with van der Waals surface area (Å²) in [5.74, 6) is 1.33. The molecule has 3 rings (SSSR count). The second-order valence-corrected chi connectivity index (χ2v) is 6.20. The van der Waals surface area contributed by atoms with Gasteiger partial charge in [0.05, 0.1) is 0 Å². The fraction of sp³-hybridized carbons (Fsp3) is 0.368. The Kier molecular flexibility index (Phi) is 3.77. The van der Waals surface area contributed by atoms with Crippen molar-refractivity contribution in [1.29, 1.82) is 0 Å². The Morgan fingerprint density at radius 1 is 0.950 bits per heavy atom. The zero-order valence-corrected chi connectivity index (χ0v) is 12.3. The summed E-state index contributed by atoms with van der Waals surface area (Å²) in [5, 5.41) is 3.67. The number of hydrogen-bond donors (Lipinski definition) is 1. The molecular weight excluding hydrogens is 242 g/mol. The van der Waals surface area contributed by atoms with Crippen molar-refractivity contribution in [3.63, 3.8) is 0 Å². The van der Waals surface area contributed by atoms with E-state index in [2.05, 4.69) is 73.8 Å². The first-order chi connectivity index (χ1) is 9.72. The van der Waals surface area contributed by atoms with Crippen LogP contribution in [0.25, 0.3) is 0 Å². The molecule has 0 spiro atoms. The fourth-order valence-corrected chi connectivity index (χ4v) is 2.96. The molecule has 2 aromatic carbocycles. The Hall–Kier alpha value is -1.76. The molecule has 1 aliphatic carbocycles. The molecule has 0 saturated heterocycles. The van der Waals surface area contributed by atoms with Crippen molar-refractivity contribution < 1.29 is 0 Å². The monoisotopic (exact) mass is 265 g/mol. The SMILES string of the molecule is CC(C)c1cccc(NC2CC(c3ccccc3)C2)c1. The first kappa shape index (κ1) is 13.2. The van der Waals surface area contributed by atoms with Crippen LogP contribution in [0.4, 0.5) is 5.69 Å². The molecule has 0 atom stereocenters. The number of benzene rings is 2. The van der Waals surface area contributed by atoms with Crippen molar-refractivity contribution in [3.05, 3.63) is 65.7 Å². The Morgan fingerprint density at radius 2 is 1.70 bits per heavy atom. The van der Waals surface area contributed by atoms with Gasteiger partial charge in [-0.1, -0.05) is 56.3 Å². The van der Waals surface area contributed by atoms with Gasteiger partial charge < -0.3 is 5.32 Å². The topological polar surface area (TPSA) is 12.0 Å². The smallest absolute Gasteiger partial charge is 0.0345 e. The van der Waals surface area contributed by atoms with E-state index in [1.54, 1.807) is 0 Å². The minimum atomic E-state index is 0.593. The van der Waals surface area contributed by atoms with Crippen molar-refractivity contribution in [2.75, 3.05) is 5.32 Å². The number of anilines is 1. The van der Waals surface area contributed by atoms with Crippen LogP contribution < -0.4 is 5.32 Å². The molecule has 1 fully saturated rings. The summed E-state index contributed by atoms with van der Waals surface area (Å²) in [6.07, 6.45) is 2.49. The summed E-state index contributed by atoms with van der Waals surface area (Å²) < 4.78 is 0. The highest BCUT2D eigenvalue weighted by Gasteiger charge is 2.29. The predicted molar refractivity (Wildman–Crippen MR) is 86.4 cm³/mol. The van der Waals surface area contributed by atoms with Crippen LogP contribution in [0.15, 0.2) is 54.6 Å². The molecule has 0 heterocycles. The number of hydrogen-bond acceptors (Lipinski definition) is 1. The van der Waals surface area contributed by atoms with Crippen LogP contribution in [-0.2, 0) is 0 Å². The second-order valence-electron chi connectivity index (χ2n) is 6.20. The van der Waals surface area contributed by atoms with E-state index in [0.29, 0.717) is 12.0 Å². The van der Waals surface area contributed by atoms with Crippen molar-refractivity contribution in [3.8, 4) is 0 Å². The minimum absolute atomic E-state index is 0.593. The van der Waals surface area contributed by atoms with Crippen LogP contribution in [0.3, 0.4) is 0 Å². The molecule has 1 aliphatic rings. The number of rotatable bonds is 4. The highest BCUT2D eigenvalue weighted by Crippen LogP contribution is 2.38. The Bertz CT molecular complexity index is 553. The average molecular weight is 265 g/mol. The maximum atomic E-state index is 3.67. The van der Waals surface area contributed by atoms with Gasteiger partial charge in [-0.3, -0.25) is 0 Å². The Morgan fingerprint density at radius 3 is 2.40 bits per heavy atom. The summed E-state index contributed by atoms with van der Waals surface area (Å²) in [5.41, 5.74) is 4.17. The summed E-state index contributed by atoms with van der Waals surface area (Å²) in [6.45, 7) is 4.49. The molecule has 0 amide bonds. The molecule has 0 aromatic heterocycles. The third kappa shape index (κ3) is 2.87.